The molecule has 0 radical (unpaired) electrons. The van der Waals surface area contributed by atoms with Gasteiger partial charge in [0.05, 0.1) is 12.6 Å². The molecule has 2 rings (SSSR count). The number of amides is 1. The maximum Gasteiger partial charge on any atom is 0.251 e. The monoisotopic (exact) mass is 311 g/mol. The number of aryl methyl sites for hydroxylation is 2. The predicted octanol–water partition coefficient (Wildman–Crippen LogP) is 4.58. The zero-order valence-electron chi connectivity index (χ0n) is 14.3. The van der Waals surface area contributed by atoms with Crippen molar-refractivity contribution in [2.45, 2.75) is 40.2 Å². The highest BCUT2D eigenvalue weighted by molar-refractivity contribution is 5.94. The molecule has 1 amide bonds. The Morgan fingerprint density at radius 2 is 1.78 bits per heavy atom. The van der Waals surface area contributed by atoms with Gasteiger partial charge in [-0.3, -0.25) is 4.79 Å². The van der Waals surface area contributed by atoms with E-state index in [2.05, 4.69) is 44.3 Å². The first-order chi connectivity index (χ1) is 11.0. The van der Waals surface area contributed by atoms with Gasteiger partial charge in [0, 0.05) is 5.56 Å². The molecule has 3 nitrogen and oxygen atoms in total. The Morgan fingerprint density at radius 3 is 2.35 bits per heavy atom. The summed E-state index contributed by atoms with van der Waals surface area (Å²) in [6.07, 6.45) is 0.854. The number of carbonyl (C=O) groups excluding carboxylic acids is 1. The summed E-state index contributed by atoms with van der Waals surface area (Å²) in [6.45, 7) is 8.82. The molecule has 122 valence electrons. The van der Waals surface area contributed by atoms with E-state index in [-0.39, 0.29) is 11.9 Å². The van der Waals surface area contributed by atoms with Crippen LogP contribution < -0.4 is 10.1 Å². The summed E-state index contributed by atoms with van der Waals surface area (Å²) in [6, 6.07) is 13.6. The van der Waals surface area contributed by atoms with Crippen LogP contribution in [0.3, 0.4) is 0 Å². The molecule has 0 aromatic heterocycles. The van der Waals surface area contributed by atoms with Crippen LogP contribution in [0.2, 0.25) is 0 Å². The largest absolute Gasteiger partial charge is 0.494 e. The molecule has 0 heterocycles. The molecule has 23 heavy (non-hydrogen) atoms. The molecule has 0 aliphatic carbocycles. The van der Waals surface area contributed by atoms with E-state index in [1.807, 2.05) is 19.1 Å². The molecule has 0 saturated heterocycles. The molecule has 3 heteroatoms. The van der Waals surface area contributed by atoms with Crippen LogP contribution in [0.4, 0.5) is 0 Å². The van der Waals surface area contributed by atoms with Crippen LogP contribution in [0, 0.1) is 13.8 Å². The maximum absolute atomic E-state index is 12.5. The molecule has 0 fully saturated rings. The van der Waals surface area contributed by atoms with E-state index in [1.165, 1.54) is 16.7 Å². The normalized spacial score (nSPS) is 11.8. The molecule has 0 spiro atoms. The molecule has 0 aliphatic heterocycles. The maximum atomic E-state index is 12.5. The van der Waals surface area contributed by atoms with Crippen molar-refractivity contribution in [3.8, 4) is 5.75 Å². The van der Waals surface area contributed by atoms with Crippen LogP contribution in [-0.4, -0.2) is 12.5 Å². The smallest absolute Gasteiger partial charge is 0.251 e. The molecule has 0 bridgehead atoms. The Bertz CT molecular complexity index is 662. The summed E-state index contributed by atoms with van der Waals surface area (Å²) in [5.41, 5.74) is 4.27. The lowest BCUT2D eigenvalue weighted by Gasteiger charge is -2.20. The second kappa shape index (κ2) is 7.82. The highest BCUT2D eigenvalue weighted by atomic mass is 16.5. The summed E-state index contributed by atoms with van der Waals surface area (Å²) in [5, 5.41) is 3.13. The first kappa shape index (κ1) is 17.1. The SMILES string of the molecule is CCOc1ccc(C(=O)N[C@H](CC)c2ccc(C)cc2C)cc1. The number of benzene rings is 2. The van der Waals surface area contributed by atoms with Gasteiger partial charge in [-0.15, -0.1) is 0 Å². The second-order valence-corrected chi connectivity index (χ2v) is 5.75. The molecule has 0 aliphatic rings. The number of hydrogen-bond acceptors (Lipinski definition) is 2. The van der Waals surface area contributed by atoms with Crippen molar-refractivity contribution in [1.82, 2.24) is 5.32 Å². The van der Waals surface area contributed by atoms with Gasteiger partial charge >= 0.3 is 0 Å². The van der Waals surface area contributed by atoms with Crippen molar-refractivity contribution in [1.29, 1.82) is 0 Å². The van der Waals surface area contributed by atoms with Gasteiger partial charge in [0.15, 0.2) is 0 Å². The lowest BCUT2D eigenvalue weighted by atomic mass is 9.97. The van der Waals surface area contributed by atoms with Crippen molar-refractivity contribution in [3.63, 3.8) is 0 Å². The van der Waals surface area contributed by atoms with Gasteiger partial charge < -0.3 is 10.1 Å². The number of hydrogen-bond donors (Lipinski definition) is 1. The van der Waals surface area contributed by atoms with Gasteiger partial charge in [-0.1, -0.05) is 30.7 Å². The Hall–Kier alpha value is -2.29. The van der Waals surface area contributed by atoms with Gasteiger partial charge in [0.2, 0.25) is 0 Å². The number of rotatable bonds is 6. The molecule has 2 aromatic rings. The molecule has 2 aromatic carbocycles. The third kappa shape index (κ3) is 4.35. The lowest BCUT2D eigenvalue weighted by molar-refractivity contribution is 0.0935. The highest BCUT2D eigenvalue weighted by Crippen LogP contribution is 2.22. The average molecular weight is 311 g/mol. The van der Waals surface area contributed by atoms with Crippen LogP contribution in [0.1, 0.15) is 53.4 Å². The van der Waals surface area contributed by atoms with Gasteiger partial charge in [0.25, 0.3) is 5.91 Å². The zero-order valence-corrected chi connectivity index (χ0v) is 14.3. The number of ether oxygens (including phenoxy) is 1. The molecule has 1 N–H and O–H groups in total. The molecule has 1 atom stereocenters. The van der Waals surface area contributed by atoms with E-state index >= 15 is 0 Å². The number of nitrogens with one attached hydrogen (secondary N) is 1. The van der Waals surface area contributed by atoms with Crippen LogP contribution in [0.15, 0.2) is 42.5 Å². The van der Waals surface area contributed by atoms with Gasteiger partial charge in [0.1, 0.15) is 5.75 Å². The van der Waals surface area contributed by atoms with Crippen molar-refractivity contribution >= 4 is 5.91 Å². The predicted molar refractivity (Wildman–Crippen MR) is 94.0 cm³/mol. The minimum atomic E-state index is -0.0557. The Kier molecular flexibility index (Phi) is 5.80. The minimum absolute atomic E-state index is 0.0228. The van der Waals surface area contributed by atoms with Gasteiger partial charge in [-0.2, -0.15) is 0 Å². The summed E-state index contributed by atoms with van der Waals surface area (Å²) < 4.78 is 5.41. The number of carbonyl (C=O) groups is 1. The minimum Gasteiger partial charge on any atom is -0.494 e. The first-order valence-corrected chi connectivity index (χ1v) is 8.16. The fraction of sp³-hybridized carbons (Fsp3) is 0.350. The third-order valence-electron chi connectivity index (χ3n) is 3.94. The third-order valence-corrected chi connectivity index (χ3v) is 3.94. The van der Waals surface area contributed by atoms with Crippen LogP contribution in [0.25, 0.3) is 0 Å². The fourth-order valence-electron chi connectivity index (χ4n) is 2.73. The van der Waals surface area contributed by atoms with E-state index in [9.17, 15) is 4.79 Å². The highest BCUT2D eigenvalue weighted by Gasteiger charge is 2.16. The van der Waals surface area contributed by atoms with E-state index in [4.69, 9.17) is 4.74 Å². The van der Waals surface area contributed by atoms with Crippen LogP contribution in [-0.2, 0) is 0 Å². The van der Waals surface area contributed by atoms with Crippen molar-refractivity contribution in [3.05, 3.63) is 64.7 Å². The quantitative estimate of drug-likeness (QED) is 0.847. The first-order valence-electron chi connectivity index (χ1n) is 8.16. The standard InChI is InChI=1S/C20H25NO2/c1-5-19(18-12-7-14(3)13-15(18)4)21-20(22)16-8-10-17(11-9-16)23-6-2/h7-13,19H,5-6H2,1-4H3,(H,21,22)/t19-/m1/s1. The zero-order chi connectivity index (χ0) is 16.8. The second-order valence-electron chi connectivity index (χ2n) is 5.75. The summed E-state index contributed by atoms with van der Waals surface area (Å²) in [4.78, 5) is 12.5. The van der Waals surface area contributed by atoms with E-state index in [0.717, 1.165) is 12.2 Å². The summed E-state index contributed by atoms with van der Waals surface area (Å²) in [5.74, 6) is 0.727. The van der Waals surface area contributed by atoms with Crippen molar-refractivity contribution < 1.29 is 9.53 Å². The lowest BCUT2D eigenvalue weighted by Crippen LogP contribution is -2.28. The molecule has 0 unspecified atom stereocenters. The Labute approximate surface area is 138 Å². The molecule has 0 saturated carbocycles. The fourth-order valence-corrected chi connectivity index (χ4v) is 2.73. The molecular weight excluding hydrogens is 286 g/mol. The van der Waals surface area contributed by atoms with Crippen molar-refractivity contribution in [2.24, 2.45) is 0 Å². The van der Waals surface area contributed by atoms with E-state index in [1.54, 1.807) is 12.1 Å². The van der Waals surface area contributed by atoms with Crippen LogP contribution in [0.5, 0.6) is 5.75 Å². The van der Waals surface area contributed by atoms with Crippen LogP contribution >= 0.6 is 0 Å². The van der Waals surface area contributed by atoms with Gasteiger partial charge in [-0.25, -0.2) is 0 Å². The topological polar surface area (TPSA) is 38.3 Å². The van der Waals surface area contributed by atoms with Crippen molar-refractivity contribution in [2.75, 3.05) is 6.61 Å². The summed E-state index contributed by atoms with van der Waals surface area (Å²) in [7, 11) is 0. The average Bonchev–Trinajstić information content (AvgIpc) is 2.54. The Morgan fingerprint density at radius 1 is 1.09 bits per heavy atom. The Balaban J connectivity index is 2.13. The van der Waals surface area contributed by atoms with Gasteiger partial charge in [-0.05, 0) is 62.6 Å². The van der Waals surface area contributed by atoms with E-state index in [0.29, 0.717) is 12.2 Å². The molecular formula is C20H25NO2. The van der Waals surface area contributed by atoms with E-state index < -0.39 is 0 Å². The summed E-state index contributed by atoms with van der Waals surface area (Å²) >= 11 is 0.